The van der Waals surface area contributed by atoms with Gasteiger partial charge in [-0.1, -0.05) is 43.2 Å². The first-order valence-electron chi connectivity index (χ1n) is 9.68. The van der Waals surface area contributed by atoms with Crippen LogP contribution in [0, 0.1) is 6.92 Å². The third kappa shape index (κ3) is 6.06. The lowest BCUT2D eigenvalue weighted by atomic mass is 9.74. The van der Waals surface area contributed by atoms with Crippen LogP contribution in [0.3, 0.4) is 0 Å². The summed E-state index contributed by atoms with van der Waals surface area (Å²) >= 11 is 0. The molecule has 1 saturated heterocycles. The molecular weight excluding hydrogens is 374 g/mol. The molecule has 0 spiro atoms. The van der Waals surface area contributed by atoms with Crippen LogP contribution in [0.1, 0.15) is 43.7 Å². The van der Waals surface area contributed by atoms with E-state index in [-0.39, 0.29) is 10.3 Å². The number of benzene rings is 2. The molecule has 0 radical (unpaired) electrons. The van der Waals surface area contributed by atoms with Gasteiger partial charge in [0.2, 0.25) is 0 Å². The third-order valence-electron chi connectivity index (χ3n) is 5.47. The fourth-order valence-electron chi connectivity index (χ4n) is 3.79. The number of phenols is 1. The maximum atomic E-state index is 10.5. The molecule has 0 aromatic heterocycles. The van der Waals surface area contributed by atoms with E-state index >= 15 is 0 Å². The van der Waals surface area contributed by atoms with E-state index in [1.165, 1.54) is 43.5 Å². The molecule has 3 rings (SSSR count). The molecule has 1 atom stereocenters. The van der Waals surface area contributed by atoms with Gasteiger partial charge in [0.1, 0.15) is 5.75 Å². The maximum Gasteiger partial charge on any atom is 0.294 e. The Labute approximate surface area is 168 Å². The van der Waals surface area contributed by atoms with Crippen LogP contribution >= 0.6 is 0 Å². The van der Waals surface area contributed by atoms with Crippen LogP contribution in [0.15, 0.2) is 53.4 Å². The number of aryl methyl sites for hydroxylation is 1. The molecule has 1 fully saturated rings. The monoisotopic (exact) mass is 405 g/mol. The zero-order valence-electron chi connectivity index (χ0n) is 16.9. The number of nitrogens with zero attached hydrogens (tertiary/aromatic N) is 1. The molecule has 0 aliphatic carbocycles. The number of phenolic OH excluding ortho intramolecular Hbond substituents is 1. The summed E-state index contributed by atoms with van der Waals surface area (Å²) in [6.07, 6.45) is 4.95. The van der Waals surface area contributed by atoms with Crippen LogP contribution in [0.25, 0.3) is 0 Å². The summed E-state index contributed by atoms with van der Waals surface area (Å²) in [6.45, 7) is 6.41. The first-order valence-corrected chi connectivity index (χ1v) is 11.1. The van der Waals surface area contributed by atoms with Crippen molar-refractivity contribution in [2.45, 2.75) is 49.8 Å². The normalized spacial score (nSPS) is 20.7. The Balaban J connectivity index is 0.000000221. The van der Waals surface area contributed by atoms with Crippen molar-refractivity contribution in [2.24, 2.45) is 0 Å². The average Bonchev–Trinajstić information content (AvgIpc) is 2.84. The minimum Gasteiger partial charge on any atom is -0.508 e. The molecule has 28 heavy (non-hydrogen) atoms. The van der Waals surface area contributed by atoms with Crippen molar-refractivity contribution in [2.75, 3.05) is 20.1 Å². The Bertz CT molecular complexity index is 864. The Kier molecular flexibility index (Phi) is 7.63. The smallest absolute Gasteiger partial charge is 0.294 e. The molecule has 2 aromatic rings. The molecule has 0 bridgehead atoms. The highest BCUT2D eigenvalue weighted by Gasteiger charge is 2.33. The SMILES string of the molecule is CCC1(c2cccc(O)c2)CCCCN(C)C1.Cc1ccc(S(=O)(=O)O)cc1. The molecule has 0 saturated carbocycles. The van der Waals surface area contributed by atoms with E-state index in [1.807, 2.05) is 19.1 Å². The topological polar surface area (TPSA) is 77.8 Å². The average molecular weight is 406 g/mol. The Morgan fingerprint density at radius 2 is 1.79 bits per heavy atom. The van der Waals surface area contributed by atoms with E-state index in [0.29, 0.717) is 5.75 Å². The standard InChI is InChI=1S/C15H23NO.C7H8O3S/c1-3-15(9-4-5-10-16(2)12-15)13-7-6-8-14(17)11-13;1-6-2-4-7(5-3-6)11(8,9)10/h6-8,11,17H,3-5,9-10,12H2,1-2H3;2-5H,1H3,(H,8,9,10). The van der Waals surface area contributed by atoms with Crippen LogP contribution < -0.4 is 0 Å². The van der Waals surface area contributed by atoms with Gasteiger partial charge in [-0.3, -0.25) is 4.55 Å². The Morgan fingerprint density at radius 1 is 1.11 bits per heavy atom. The molecule has 1 unspecified atom stereocenters. The van der Waals surface area contributed by atoms with Crippen molar-refractivity contribution < 1.29 is 18.1 Å². The molecule has 2 aromatic carbocycles. The van der Waals surface area contributed by atoms with E-state index < -0.39 is 10.1 Å². The predicted molar refractivity (Wildman–Crippen MR) is 112 cm³/mol. The van der Waals surface area contributed by atoms with E-state index in [0.717, 1.165) is 18.5 Å². The van der Waals surface area contributed by atoms with Gasteiger partial charge < -0.3 is 10.0 Å². The lowest BCUT2D eigenvalue weighted by molar-refractivity contribution is 0.256. The summed E-state index contributed by atoms with van der Waals surface area (Å²) < 4.78 is 29.6. The molecule has 1 aliphatic heterocycles. The van der Waals surface area contributed by atoms with Crippen LogP contribution in [0.2, 0.25) is 0 Å². The summed E-state index contributed by atoms with van der Waals surface area (Å²) in [5, 5.41) is 9.68. The van der Waals surface area contributed by atoms with Crippen molar-refractivity contribution in [1.82, 2.24) is 4.90 Å². The van der Waals surface area contributed by atoms with E-state index in [4.69, 9.17) is 4.55 Å². The molecule has 1 heterocycles. The summed E-state index contributed by atoms with van der Waals surface area (Å²) in [5.41, 5.74) is 2.48. The van der Waals surface area contributed by atoms with Gasteiger partial charge in [-0.2, -0.15) is 8.42 Å². The minimum atomic E-state index is -4.02. The van der Waals surface area contributed by atoms with Gasteiger partial charge in [0.05, 0.1) is 4.90 Å². The first-order chi connectivity index (χ1) is 13.2. The number of likely N-dealkylation sites (N-methyl/N-ethyl adjacent to an activating group) is 1. The van der Waals surface area contributed by atoms with Gasteiger partial charge in [0.15, 0.2) is 0 Å². The van der Waals surface area contributed by atoms with Crippen LogP contribution in [0.4, 0.5) is 0 Å². The van der Waals surface area contributed by atoms with Crippen molar-refractivity contribution in [1.29, 1.82) is 0 Å². The van der Waals surface area contributed by atoms with Gasteiger partial charge >= 0.3 is 0 Å². The van der Waals surface area contributed by atoms with Gasteiger partial charge in [0.25, 0.3) is 10.1 Å². The third-order valence-corrected chi connectivity index (χ3v) is 6.34. The summed E-state index contributed by atoms with van der Waals surface area (Å²) in [5.74, 6) is 0.391. The fourth-order valence-corrected chi connectivity index (χ4v) is 4.27. The second-order valence-corrected chi connectivity index (χ2v) is 9.09. The minimum absolute atomic E-state index is 0.0666. The Morgan fingerprint density at radius 3 is 2.36 bits per heavy atom. The first kappa shape index (κ1) is 22.4. The predicted octanol–water partition coefficient (Wildman–Crippen LogP) is 4.40. The van der Waals surface area contributed by atoms with Crippen LogP contribution in [-0.2, 0) is 15.5 Å². The highest BCUT2D eigenvalue weighted by molar-refractivity contribution is 7.85. The number of likely N-dealkylation sites (tertiary alicyclic amines) is 1. The lowest BCUT2D eigenvalue weighted by Crippen LogP contribution is -2.37. The second kappa shape index (κ2) is 9.54. The number of hydrogen-bond donors (Lipinski definition) is 2. The van der Waals surface area contributed by atoms with Gasteiger partial charge in [0, 0.05) is 12.0 Å². The van der Waals surface area contributed by atoms with E-state index in [9.17, 15) is 13.5 Å². The van der Waals surface area contributed by atoms with Gasteiger partial charge in [-0.15, -0.1) is 0 Å². The largest absolute Gasteiger partial charge is 0.508 e. The number of rotatable bonds is 3. The number of hydrogen-bond acceptors (Lipinski definition) is 4. The molecule has 5 nitrogen and oxygen atoms in total. The molecule has 6 heteroatoms. The maximum absolute atomic E-state index is 10.5. The van der Waals surface area contributed by atoms with Crippen molar-refractivity contribution >= 4 is 10.1 Å². The zero-order valence-corrected chi connectivity index (χ0v) is 17.7. The summed E-state index contributed by atoms with van der Waals surface area (Å²) in [7, 11) is -1.81. The summed E-state index contributed by atoms with van der Waals surface area (Å²) in [4.78, 5) is 2.36. The quantitative estimate of drug-likeness (QED) is 0.740. The van der Waals surface area contributed by atoms with Crippen LogP contribution in [0.5, 0.6) is 5.75 Å². The second-order valence-electron chi connectivity index (χ2n) is 7.67. The fraction of sp³-hybridized carbons (Fsp3) is 0.455. The molecule has 0 amide bonds. The van der Waals surface area contributed by atoms with Crippen molar-refractivity contribution in [3.05, 3.63) is 59.7 Å². The van der Waals surface area contributed by atoms with E-state index in [2.05, 4.69) is 24.9 Å². The summed E-state index contributed by atoms with van der Waals surface area (Å²) in [6, 6.07) is 13.8. The molecule has 1 aliphatic rings. The molecule has 2 N–H and O–H groups in total. The van der Waals surface area contributed by atoms with E-state index in [1.54, 1.807) is 18.2 Å². The van der Waals surface area contributed by atoms with Gasteiger partial charge in [-0.25, -0.2) is 0 Å². The van der Waals surface area contributed by atoms with Gasteiger partial charge in [-0.05, 0) is 69.6 Å². The number of aromatic hydroxyl groups is 1. The van der Waals surface area contributed by atoms with Crippen molar-refractivity contribution in [3.8, 4) is 5.75 Å². The molecule has 154 valence electrons. The molecular formula is C22H31NO4S. The highest BCUT2D eigenvalue weighted by Crippen LogP contribution is 2.37. The van der Waals surface area contributed by atoms with Crippen LogP contribution in [-0.4, -0.2) is 43.1 Å². The highest BCUT2D eigenvalue weighted by atomic mass is 32.2. The zero-order chi connectivity index (χ0) is 20.8. The Hall–Kier alpha value is -1.89. The lowest BCUT2D eigenvalue weighted by Gasteiger charge is -2.35. The van der Waals surface area contributed by atoms with Crippen molar-refractivity contribution in [3.63, 3.8) is 0 Å².